The summed E-state index contributed by atoms with van der Waals surface area (Å²) in [6, 6.07) is 6.01. The van der Waals surface area contributed by atoms with E-state index in [0.29, 0.717) is 6.54 Å². The van der Waals surface area contributed by atoms with Crippen LogP contribution in [0.25, 0.3) is 0 Å². The van der Waals surface area contributed by atoms with Crippen LogP contribution in [-0.2, 0) is 16.0 Å². The number of carbonyl (C=O) groups excluding carboxylic acids is 1. The molecule has 0 saturated carbocycles. The second-order valence-electron chi connectivity index (χ2n) is 5.32. The number of aliphatic hydroxyl groups is 1. The van der Waals surface area contributed by atoms with Crippen molar-refractivity contribution in [2.45, 2.75) is 26.4 Å². The average Bonchev–Trinajstić information content (AvgIpc) is 2.40. The Kier molecular flexibility index (Phi) is 7.36. The molecule has 5 heteroatoms. The molecule has 0 aliphatic carbocycles. The van der Waals surface area contributed by atoms with E-state index >= 15 is 0 Å². The number of para-hydroxylation sites is 1. The van der Waals surface area contributed by atoms with Gasteiger partial charge in [0.25, 0.3) is 0 Å². The average molecular weight is 294 g/mol. The second kappa shape index (κ2) is 8.77. The molecule has 1 rings (SSSR count). The molecule has 0 aliphatic heterocycles. The van der Waals surface area contributed by atoms with E-state index in [1.165, 1.54) is 0 Å². The van der Waals surface area contributed by atoms with Crippen molar-refractivity contribution in [3.63, 3.8) is 0 Å². The smallest absolute Gasteiger partial charge is 0.238 e. The predicted molar refractivity (Wildman–Crippen MR) is 84.6 cm³/mol. The topological polar surface area (TPSA) is 61.8 Å². The summed E-state index contributed by atoms with van der Waals surface area (Å²) in [7, 11) is 3.34. The van der Waals surface area contributed by atoms with E-state index in [1.54, 1.807) is 19.1 Å². The fourth-order valence-corrected chi connectivity index (χ4v) is 2.30. The number of nitrogens with zero attached hydrogens (tertiary/aromatic N) is 1. The van der Waals surface area contributed by atoms with Crippen LogP contribution in [0.5, 0.6) is 0 Å². The molecule has 2 N–H and O–H groups in total. The number of nitrogens with one attached hydrogen (secondary N) is 1. The molecule has 5 nitrogen and oxygen atoms in total. The number of hydrogen-bond acceptors (Lipinski definition) is 4. The Morgan fingerprint density at radius 3 is 2.81 bits per heavy atom. The molecule has 21 heavy (non-hydrogen) atoms. The molecule has 0 fully saturated rings. The lowest BCUT2D eigenvalue weighted by atomic mass is 10.1. The summed E-state index contributed by atoms with van der Waals surface area (Å²) in [6.07, 6.45) is 0.289. The quantitative estimate of drug-likeness (QED) is 0.761. The fourth-order valence-electron chi connectivity index (χ4n) is 2.30. The SMILES string of the molecule is CCc1cccc(C)c1NC(=O)CN(C)CC(O)COC. The van der Waals surface area contributed by atoms with Crippen LogP contribution in [0, 0.1) is 6.92 Å². The number of benzene rings is 1. The summed E-state index contributed by atoms with van der Waals surface area (Å²) in [5.41, 5.74) is 3.09. The molecule has 0 aromatic heterocycles. The Morgan fingerprint density at radius 2 is 2.19 bits per heavy atom. The van der Waals surface area contributed by atoms with E-state index in [4.69, 9.17) is 4.74 Å². The Bertz CT molecular complexity index is 463. The minimum atomic E-state index is -0.586. The maximum atomic E-state index is 12.1. The number of amides is 1. The standard InChI is InChI=1S/C16H26N2O3/c1-5-13-8-6-7-12(2)16(13)17-15(20)10-18(3)9-14(19)11-21-4/h6-8,14,19H,5,9-11H2,1-4H3,(H,17,20). The number of methoxy groups -OCH3 is 1. The molecule has 0 bridgehead atoms. The Balaban J connectivity index is 2.58. The van der Waals surface area contributed by atoms with Gasteiger partial charge in [-0.2, -0.15) is 0 Å². The lowest BCUT2D eigenvalue weighted by Crippen LogP contribution is -2.37. The molecule has 118 valence electrons. The van der Waals surface area contributed by atoms with Gasteiger partial charge in [0.2, 0.25) is 5.91 Å². The zero-order chi connectivity index (χ0) is 15.8. The van der Waals surface area contributed by atoms with E-state index in [-0.39, 0.29) is 19.1 Å². The molecule has 0 heterocycles. The van der Waals surface area contributed by atoms with Crippen molar-refractivity contribution in [2.24, 2.45) is 0 Å². The summed E-state index contributed by atoms with van der Waals surface area (Å²) in [5.74, 6) is -0.0777. The van der Waals surface area contributed by atoms with E-state index in [2.05, 4.69) is 12.2 Å². The lowest BCUT2D eigenvalue weighted by molar-refractivity contribution is -0.117. The first-order chi connectivity index (χ1) is 9.97. The van der Waals surface area contributed by atoms with Gasteiger partial charge in [0, 0.05) is 19.3 Å². The van der Waals surface area contributed by atoms with Crippen LogP contribution in [0.4, 0.5) is 5.69 Å². The van der Waals surface area contributed by atoms with Crippen molar-refractivity contribution in [1.29, 1.82) is 0 Å². The number of hydrogen-bond donors (Lipinski definition) is 2. The third-order valence-electron chi connectivity index (χ3n) is 3.30. The maximum Gasteiger partial charge on any atom is 0.238 e. The van der Waals surface area contributed by atoms with Crippen molar-refractivity contribution >= 4 is 11.6 Å². The molecule has 1 atom stereocenters. The van der Waals surface area contributed by atoms with Gasteiger partial charge in [-0.15, -0.1) is 0 Å². The fraction of sp³-hybridized carbons (Fsp3) is 0.562. The van der Waals surface area contributed by atoms with Gasteiger partial charge >= 0.3 is 0 Å². The first kappa shape index (κ1) is 17.6. The highest BCUT2D eigenvalue weighted by Gasteiger charge is 2.13. The third kappa shape index (κ3) is 5.83. The van der Waals surface area contributed by atoms with Crippen LogP contribution >= 0.6 is 0 Å². The third-order valence-corrected chi connectivity index (χ3v) is 3.30. The van der Waals surface area contributed by atoms with Crippen molar-refractivity contribution in [2.75, 3.05) is 39.2 Å². The van der Waals surface area contributed by atoms with E-state index < -0.39 is 6.10 Å². The molecule has 0 saturated heterocycles. The Labute approximate surface area is 126 Å². The zero-order valence-corrected chi connectivity index (χ0v) is 13.3. The summed E-state index contributed by atoms with van der Waals surface area (Å²) < 4.78 is 4.87. The summed E-state index contributed by atoms with van der Waals surface area (Å²) in [6.45, 7) is 4.95. The van der Waals surface area contributed by atoms with E-state index in [1.807, 2.05) is 25.1 Å². The van der Waals surface area contributed by atoms with Crippen LogP contribution in [0.15, 0.2) is 18.2 Å². The van der Waals surface area contributed by atoms with Gasteiger partial charge in [-0.05, 0) is 31.5 Å². The van der Waals surface area contributed by atoms with E-state index in [9.17, 15) is 9.90 Å². The number of likely N-dealkylation sites (N-methyl/N-ethyl adjacent to an activating group) is 1. The number of aryl methyl sites for hydroxylation is 2. The monoisotopic (exact) mass is 294 g/mol. The first-order valence-electron chi connectivity index (χ1n) is 7.21. The van der Waals surface area contributed by atoms with Crippen LogP contribution in [-0.4, -0.2) is 55.9 Å². The highest BCUT2D eigenvalue weighted by molar-refractivity contribution is 5.93. The highest BCUT2D eigenvalue weighted by Crippen LogP contribution is 2.20. The molecule has 1 unspecified atom stereocenters. The molecule has 0 spiro atoms. The van der Waals surface area contributed by atoms with Crippen LogP contribution in [0.1, 0.15) is 18.1 Å². The number of anilines is 1. The van der Waals surface area contributed by atoms with Gasteiger partial charge in [-0.25, -0.2) is 0 Å². The van der Waals surface area contributed by atoms with Crippen molar-refractivity contribution in [3.05, 3.63) is 29.3 Å². The minimum Gasteiger partial charge on any atom is -0.389 e. The van der Waals surface area contributed by atoms with Crippen LogP contribution < -0.4 is 5.32 Å². The number of ether oxygens (including phenoxy) is 1. The number of rotatable bonds is 8. The second-order valence-corrected chi connectivity index (χ2v) is 5.32. The highest BCUT2D eigenvalue weighted by atomic mass is 16.5. The van der Waals surface area contributed by atoms with Crippen molar-refractivity contribution in [3.8, 4) is 0 Å². The Morgan fingerprint density at radius 1 is 1.48 bits per heavy atom. The molecule has 1 aromatic rings. The predicted octanol–water partition coefficient (Wildman–Crippen LogP) is 1.44. The summed E-state index contributed by atoms with van der Waals surface area (Å²) in [5, 5.41) is 12.6. The Hall–Kier alpha value is -1.43. The van der Waals surface area contributed by atoms with Gasteiger partial charge < -0.3 is 15.2 Å². The lowest BCUT2D eigenvalue weighted by Gasteiger charge is -2.20. The van der Waals surface area contributed by atoms with Gasteiger partial charge in [0.05, 0.1) is 19.3 Å². The van der Waals surface area contributed by atoms with Gasteiger partial charge in [-0.1, -0.05) is 25.1 Å². The van der Waals surface area contributed by atoms with Crippen LogP contribution in [0.2, 0.25) is 0 Å². The van der Waals surface area contributed by atoms with Gasteiger partial charge in [0.1, 0.15) is 0 Å². The number of carbonyl (C=O) groups is 1. The molecule has 0 aliphatic rings. The van der Waals surface area contributed by atoms with Crippen LogP contribution in [0.3, 0.4) is 0 Å². The molecule has 1 amide bonds. The van der Waals surface area contributed by atoms with Crippen molar-refractivity contribution in [1.82, 2.24) is 4.90 Å². The molecular weight excluding hydrogens is 268 g/mol. The van der Waals surface area contributed by atoms with Gasteiger partial charge in [0.15, 0.2) is 0 Å². The minimum absolute atomic E-state index is 0.0777. The van der Waals surface area contributed by atoms with Crippen molar-refractivity contribution < 1.29 is 14.6 Å². The van der Waals surface area contributed by atoms with E-state index in [0.717, 1.165) is 23.2 Å². The normalized spacial score (nSPS) is 12.5. The zero-order valence-electron chi connectivity index (χ0n) is 13.3. The molecule has 0 radical (unpaired) electrons. The first-order valence-corrected chi connectivity index (χ1v) is 7.21. The number of aliphatic hydroxyl groups excluding tert-OH is 1. The largest absolute Gasteiger partial charge is 0.389 e. The summed E-state index contributed by atoms with van der Waals surface area (Å²) in [4.78, 5) is 13.9. The molecular formula is C16H26N2O3. The summed E-state index contributed by atoms with van der Waals surface area (Å²) >= 11 is 0. The van der Waals surface area contributed by atoms with Gasteiger partial charge in [-0.3, -0.25) is 9.69 Å². The maximum absolute atomic E-state index is 12.1. The molecule has 1 aromatic carbocycles.